The summed E-state index contributed by atoms with van der Waals surface area (Å²) in [6.45, 7) is 1.21. The van der Waals surface area contributed by atoms with Crippen molar-refractivity contribution in [3.8, 4) is 11.8 Å². The van der Waals surface area contributed by atoms with Gasteiger partial charge >= 0.3 is 0 Å². The molecule has 5 nitrogen and oxygen atoms in total. The molecule has 0 unspecified atom stereocenters. The van der Waals surface area contributed by atoms with Crippen molar-refractivity contribution in [2.24, 2.45) is 0 Å². The van der Waals surface area contributed by atoms with Crippen molar-refractivity contribution in [3.63, 3.8) is 0 Å². The molecule has 0 fully saturated rings. The molecule has 1 amide bonds. The lowest BCUT2D eigenvalue weighted by Crippen LogP contribution is -2.29. The van der Waals surface area contributed by atoms with Gasteiger partial charge in [0.05, 0.1) is 12.5 Å². The third-order valence-corrected chi connectivity index (χ3v) is 2.26. The molecule has 0 spiro atoms. The first-order valence-corrected chi connectivity index (χ1v) is 5.61. The first kappa shape index (κ1) is 14.6. The lowest BCUT2D eigenvalue weighted by Gasteiger charge is -2.08. The third-order valence-electron chi connectivity index (χ3n) is 2.26. The van der Waals surface area contributed by atoms with E-state index in [2.05, 4.69) is 5.32 Å². The predicted molar refractivity (Wildman–Crippen MR) is 65.1 cm³/mol. The van der Waals surface area contributed by atoms with Crippen molar-refractivity contribution < 1.29 is 18.7 Å². The minimum absolute atomic E-state index is 0.0968. The fourth-order valence-corrected chi connectivity index (χ4v) is 1.29. The van der Waals surface area contributed by atoms with E-state index in [9.17, 15) is 14.0 Å². The number of nitrogens with zero attached hydrogens (tertiary/aromatic N) is 1. The fourth-order valence-electron chi connectivity index (χ4n) is 1.29. The molecule has 1 N–H and O–H groups in total. The van der Waals surface area contributed by atoms with Crippen LogP contribution in [0.5, 0.6) is 5.75 Å². The Bertz CT molecular complexity index is 523. The molecular formula is C13H13FN2O3. The van der Waals surface area contributed by atoms with E-state index in [1.165, 1.54) is 19.1 Å². The van der Waals surface area contributed by atoms with Crippen molar-refractivity contribution in [3.05, 3.63) is 29.6 Å². The Labute approximate surface area is 110 Å². The summed E-state index contributed by atoms with van der Waals surface area (Å²) in [5.41, 5.74) is 0.239. The molecule has 100 valence electrons. The van der Waals surface area contributed by atoms with E-state index in [1.807, 2.05) is 6.07 Å². The zero-order valence-electron chi connectivity index (χ0n) is 10.4. The van der Waals surface area contributed by atoms with E-state index in [1.54, 1.807) is 0 Å². The topological polar surface area (TPSA) is 79.2 Å². The molecule has 19 heavy (non-hydrogen) atoms. The number of carbonyl (C=O) groups excluding carboxylic acids is 2. The minimum atomic E-state index is -0.697. The molecular weight excluding hydrogens is 251 g/mol. The smallest absolute Gasteiger partial charge is 0.257 e. The molecule has 0 radical (unpaired) electrons. The molecule has 1 rings (SSSR count). The number of benzene rings is 1. The molecule has 1 aromatic rings. The second-order valence-electron chi connectivity index (χ2n) is 3.75. The number of nitrogens with one attached hydrogen (secondary N) is 1. The number of amides is 1. The average Bonchev–Trinajstić information content (AvgIpc) is 2.37. The summed E-state index contributed by atoms with van der Waals surface area (Å²) in [6, 6.07) is 5.66. The number of nitriles is 1. The minimum Gasteiger partial charge on any atom is -0.481 e. The van der Waals surface area contributed by atoms with Crippen LogP contribution in [-0.2, 0) is 4.79 Å². The van der Waals surface area contributed by atoms with Crippen LogP contribution in [0.1, 0.15) is 23.7 Å². The highest BCUT2D eigenvalue weighted by atomic mass is 19.1. The molecule has 0 atom stereocenters. The first-order chi connectivity index (χ1) is 9.04. The maximum atomic E-state index is 13.5. The monoisotopic (exact) mass is 264 g/mol. The van der Waals surface area contributed by atoms with Crippen LogP contribution in [-0.4, -0.2) is 24.8 Å². The van der Waals surface area contributed by atoms with Crippen molar-refractivity contribution in [2.75, 3.05) is 13.2 Å². The van der Waals surface area contributed by atoms with Gasteiger partial charge in [-0.15, -0.1) is 0 Å². The Morgan fingerprint density at radius 3 is 2.79 bits per heavy atom. The molecule has 6 heteroatoms. The highest BCUT2D eigenvalue weighted by Crippen LogP contribution is 2.18. The molecule has 0 saturated heterocycles. The number of halogens is 1. The molecule has 0 heterocycles. The second-order valence-corrected chi connectivity index (χ2v) is 3.75. The Balaban J connectivity index is 2.52. The number of ketones is 1. The van der Waals surface area contributed by atoms with Gasteiger partial charge in [-0.1, -0.05) is 0 Å². The Kier molecular flexibility index (Phi) is 5.48. The van der Waals surface area contributed by atoms with E-state index in [0.717, 1.165) is 6.07 Å². The average molecular weight is 264 g/mol. The zero-order chi connectivity index (χ0) is 14.3. The summed E-state index contributed by atoms with van der Waals surface area (Å²) >= 11 is 0. The van der Waals surface area contributed by atoms with E-state index < -0.39 is 11.7 Å². The van der Waals surface area contributed by atoms with E-state index in [-0.39, 0.29) is 36.7 Å². The molecule has 0 saturated carbocycles. The highest BCUT2D eigenvalue weighted by Gasteiger charge is 2.09. The molecule has 0 aliphatic carbocycles. The number of rotatable bonds is 6. The maximum Gasteiger partial charge on any atom is 0.257 e. The maximum absolute atomic E-state index is 13.5. The molecule has 0 aliphatic heterocycles. The Hall–Kier alpha value is -2.42. The largest absolute Gasteiger partial charge is 0.481 e. The number of hydrogen-bond acceptors (Lipinski definition) is 4. The van der Waals surface area contributed by atoms with Gasteiger partial charge in [-0.3, -0.25) is 9.59 Å². The summed E-state index contributed by atoms with van der Waals surface area (Å²) in [4.78, 5) is 22.3. The molecule has 0 aliphatic rings. The number of ether oxygens (including phenoxy) is 1. The van der Waals surface area contributed by atoms with Gasteiger partial charge in [0.25, 0.3) is 5.91 Å². The van der Waals surface area contributed by atoms with Gasteiger partial charge in [-0.2, -0.15) is 5.26 Å². The van der Waals surface area contributed by atoms with Crippen LogP contribution in [0.15, 0.2) is 18.2 Å². The first-order valence-electron chi connectivity index (χ1n) is 5.61. The van der Waals surface area contributed by atoms with Crippen molar-refractivity contribution >= 4 is 11.7 Å². The van der Waals surface area contributed by atoms with Gasteiger partial charge in [-0.05, 0) is 25.1 Å². The summed E-state index contributed by atoms with van der Waals surface area (Å²) in [6.07, 6.45) is 0.202. The number of Topliss-reactive ketones (excluding diaryl/α,β-unsaturated/α-hetero) is 1. The van der Waals surface area contributed by atoms with Crippen LogP contribution in [0.4, 0.5) is 4.39 Å². The van der Waals surface area contributed by atoms with E-state index >= 15 is 0 Å². The second kappa shape index (κ2) is 7.11. The van der Waals surface area contributed by atoms with Gasteiger partial charge in [0, 0.05) is 12.1 Å². The SMILES string of the molecule is CC(=O)c1ccc(OCC(=O)NCCC#N)c(F)c1. The molecule has 0 aromatic heterocycles. The quantitative estimate of drug-likeness (QED) is 0.622. The Morgan fingerprint density at radius 2 is 2.21 bits per heavy atom. The van der Waals surface area contributed by atoms with Crippen molar-refractivity contribution in [1.29, 1.82) is 5.26 Å². The van der Waals surface area contributed by atoms with Gasteiger partial charge < -0.3 is 10.1 Å². The van der Waals surface area contributed by atoms with Crippen LogP contribution < -0.4 is 10.1 Å². The van der Waals surface area contributed by atoms with Gasteiger partial charge in [-0.25, -0.2) is 4.39 Å². The summed E-state index contributed by atoms with van der Waals surface area (Å²) in [5.74, 6) is -1.48. The fraction of sp³-hybridized carbons (Fsp3) is 0.308. The van der Waals surface area contributed by atoms with E-state index in [4.69, 9.17) is 10.00 Å². The number of hydrogen-bond donors (Lipinski definition) is 1. The lowest BCUT2D eigenvalue weighted by atomic mass is 10.1. The summed E-state index contributed by atoms with van der Waals surface area (Å²) in [5, 5.41) is 10.7. The molecule has 0 bridgehead atoms. The predicted octanol–water partition coefficient (Wildman–Crippen LogP) is 1.44. The van der Waals surface area contributed by atoms with Crippen LogP contribution in [0.25, 0.3) is 0 Å². The third kappa shape index (κ3) is 4.76. The summed E-state index contributed by atoms with van der Waals surface area (Å²) in [7, 11) is 0. The Morgan fingerprint density at radius 1 is 1.47 bits per heavy atom. The van der Waals surface area contributed by atoms with Gasteiger partial charge in [0.15, 0.2) is 24.0 Å². The number of carbonyl (C=O) groups is 2. The zero-order valence-corrected chi connectivity index (χ0v) is 10.4. The lowest BCUT2D eigenvalue weighted by molar-refractivity contribution is -0.123. The van der Waals surface area contributed by atoms with Crippen LogP contribution in [0, 0.1) is 17.1 Å². The standard InChI is InChI=1S/C13H13FN2O3/c1-9(17)10-3-4-12(11(14)7-10)19-8-13(18)16-6-2-5-15/h3-4,7H,2,6,8H2,1H3,(H,16,18). The van der Waals surface area contributed by atoms with E-state index in [0.29, 0.717) is 0 Å². The highest BCUT2D eigenvalue weighted by molar-refractivity contribution is 5.94. The molecule has 1 aromatic carbocycles. The van der Waals surface area contributed by atoms with Gasteiger partial charge in [0.1, 0.15) is 0 Å². The summed E-state index contributed by atoms with van der Waals surface area (Å²) < 4.78 is 18.5. The van der Waals surface area contributed by atoms with Crippen LogP contribution in [0.2, 0.25) is 0 Å². The van der Waals surface area contributed by atoms with Crippen molar-refractivity contribution in [1.82, 2.24) is 5.32 Å². The van der Waals surface area contributed by atoms with Crippen LogP contribution in [0.3, 0.4) is 0 Å². The van der Waals surface area contributed by atoms with Crippen molar-refractivity contribution in [2.45, 2.75) is 13.3 Å². The normalized spacial score (nSPS) is 9.53. The van der Waals surface area contributed by atoms with Gasteiger partial charge in [0.2, 0.25) is 0 Å². The van der Waals surface area contributed by atoms with Crippen LogP contribution >= 0.6 is 0 Å².